The van der Waals surface area contributed by atoms with Crippen LogP contribution in [0, 0.1) is 0 Å². The summed E-state index contributed by atoms with van der Waals surface area (Å²) in [5.41, 5.74) is 2.15. The molecule has 22 heavy (non-hydrogen) atoms. The highest BCUT2D eigenvalue weighted by Gasteiger charge is 2.04. The van der Waals surface area contributed by atoms with E-state index in [1.165, 1.54) is 6.08 Å². The Kier molecular flexibility index (Phi) is 5.43. The zero-order valence-corrected chi connectivity index (χ0v) is 12.2. The molecule has 2 N–H and O–H groups in total. The standard InChI is InChI=1S/C17H17N3O2/c1-18-17(22)14-6-4-5-13(11-14)12-20-16(21)9-8-15-7-2-3-10-19-15/h2-11H,12H2,1H3,(H,18,22)(H,20,21). The Morgan fingerprint density at radius 2 is 2.05 bits per heavy atom. The number of hydrogen-bond acceptors (Lipinski definition) is 3. The monoisotopic (exact) mass is 295 g/mol. The fourth-order valence-corrected chi connectivity index (χ4v) is 1.85. The number of pyridine rings is 1. The molecule has 0 saturated carbocycles. The smallest absolute Gasteiger partial charge is 0.251 e. The van der Waals surface area contributed by atoms with Crippen LogP contribution in [0.4, 0.5) is 0 Å². The number of carbonyl (C=O) groups excluding carboxylic acids is 2. The molecule has 1 heterocycles. The van der Waals surface area contributed by atoms with Gasteiger partial charge in [-0.1, -0.05) is 18.2 Å². The van der Waals surface area contributed by atoms with Gasteiger partial charge in [-0.05, 0) is 35.9 Å². The Morgan fingerprint density at radius 3 is 2.77 bits per heavy atom. The average Bonchev–Trinajstić information content (AvgIpc) is 2.58. The van der Waals surface area contributed by atoms with Crippen molar-refractivity contribution in [3.8, 4) is 0 Å². The lowest BCUT2D eigenvalue weighted by atomic mass is 10.1. The SMILES string of the molecule is CNC(=O)c1cccc(CNC(=O)C=Cc2ccccn2)c1. The number of benzene rings is 1. The predicted molar refractivity (Wildman–Crippen MR) is 84.9 cm³/mol. The van der Waals surface area contributed by atoms with Crippen molar-refractivity contribution in [2.75, 3.05) is 7.05 Å². The second-order valence-corrected chi connectivity index (χ2v) is 4.59. The highest BCUT2D eigenvalue weighted by atomic mass is 16.2. The Bertz CT molecular complexity index is 681. The molecular formula is C17H17N3O2. The molecule has 0 atom stereocenters. The summed E-state index contributed by atoms with van der Waals surface area (Å²) in [6.07, 6.45) is 4.75. The van der Waals surface area contributed by atoms with E-state index in [0.29, 0.717) is 12.1 Å². The van der Waals surface area contributed by atoms with Crippen LogP contribution in [0.3, 0.4) is 0 Å². The molecule has 2 amide bonds. The van der Waals surface area contributed by atoms with E-state index in [0.717, 1.165) is 11.3 Å². The minimum absolute atomic E-state index is 0.150. The van der Waals surface area contributed by atoms with E-state index >= 15 is 0 Å². The van der Waals surface area contributed by atoms with Crippen LogP contribution in [0.2, 0.25) is 0 Å². The van der Waals surface area contributed by atoms with Crippen LogP contribution in [0.1, 0.15) is 21.6 Å². The van der Waals surface area contributed by atoms with Gasteiger partial charge in [0.15, 0.2) is 0 Å². The van der Waals surface area contributed by atoms with Crippen molar-refractivity contribution >= 4 is 17.9 Å². The van der Waals surface area contributed by atoms with Crippen molar-refractivity contribution in [3.05, 3.63) is 71.6 Å². The molecule has 0 radical (unpaired) electrons. The number of carbonyl (C=O) groups is 2. The fourth-order valence-electron chi connectivity index (χ4n) is 1.85. The minimum atomic E-state index is -0.212. The topological polar surface area (TPSA) is 71.1 Å². The van der Waals surface area contributed by atoms with Crippen LogP contribution >= 0.6 is 0 Å². The van der Waals surface area contributed by atoms with E-state index in [9.17, 15) is 9.59 Å². The molecule has 0 spiro atoms. The molecule has 0 aliphatic heterocycles. The molecule has 1 aromatic carbocycles. The van der Waals surface area contributed by atoms with Gasteiger partial charge in [0.25, 0.3) is 5.91 Å². The summed E-state index contributed by atoms with van der Waals surface area (Å²) in [4.78, 5) is 27.4. The number of nitrogens with one attached hydrogen (secondary N) is 2. The van der Waals surface area contributed by atoms with Crippen molar-refractivity contribution in [1.82, 2.24) is 15.6 Å². The summed E-state index contributed by atoms with van der Waals surface area (Å²) in [6, 6.07) is 12.6. The maximum Gasteiger partial charge on any atom is 0.251 e. The van der Waals surface area contributed by atoms with Crippen LogP contribution in [-0.2, 0) is 11.3 Å². The summed E-state index contributed by atoms with van der Waals surface area (Å²) in [7, 11) is 1.58. The van der Waals surface area contributed by atoms with E-state index in [1.54, 1.807) is 37.5 Å². The zero-order chi connectivity index (χ0) is 15.8. The summed E-state index contributed by atoms with van der Waals surface area (Å²) < 4.78 is 0. The number of amides is 2. The quantitative estimate of drug-likeness (QED) is 0.826. The third kappa shape index (κ3) is 4.56. The number of aromatic nitrogens is 1. The van der Waals surface area contributed by atoms with Crippen molar-refractivity contribution in [1.29, 1.82) is 0 Å². The van der Waals surface area contributed by atoms with Gasteiger partial charge in [0, 0.05) is 31.4 Å². The predicted octanol–water partition coefficient (Wildman–Crippen LogP) is 1.77. The number of rotatable bonds is 5. The van der Waals surface area contributed by atoms with Crippen molar-refractivity contribution < 1.29 is 9.59 Å². The van der Waals surface area contributed by atoms with E-state index in [4.69, 9.17) is 0 Å². The normalized spacial score (nSPS) is 10.4. The molecule has 5 nitrogen and oxygen atoms in total. The van der Waals surface area contributed by atoms with Gasteiger partial charge in [0.1, 0.15) is 0 Å². The number of nitrogens with zero attached hydrogens (tertiary/aromatic N) is 1. The summed E-state index contributed by atoms with van der Waals surface area (Å²) in [6.45, 7) is 0.357. The maximum absolute atomic E-state index is 11.8. The minimum Gasteiger partial charge on any atom is -0.355 e. The van der Waals surface area contributed by atoms with Crippen molar-refractivity contribution in [2.24, 2.45) is 0 Å². The van der Waals surface area contributed by atoms with E-state index in [1.807, 2.05) is 24.3 Å². The Labute approximate surface area is 129 Å². The van der Waals surface area contributed by atoms with Crippen LogP contribution in [0.15, 0.2) is 54.7 Å². The Balaban J connectivity index is 1.91. The second kappa shape index (κ2) is 7.73. The molecule has 2 rings (SSSR count). The van der Waals surface area contributed by atoms with Gasteiger partial charge >= 0.3 is 0 Å². The lowest BCUT2D eigenvalue weighted by Crippen LogP contribution is -2.21. The van der Waals surface area contributed by atoms with Gasteiger partial charge in [-0.25, -0.2) is 0 Å². The van der Waals surface area contributed by atoms with Gasteiger partial charge in [0.2, 0.25) is 5.91 Å². The van der Waals surface area contributed by atoms with E-state index < -0.39 is 0 Å². The molecule has 0 aliphatic carbocycles. The highest BCUT2D eigenvalue weighted by molar-refractivity contribution is 5.94. The van der Waals surface area contributed by atoms with Crippen LogP contribution in [0.25, 0.3) is 6.08 Å². The largest absolute Gasteiger partial charge is 0.355 e. The lowest BCUT2D eigenvalue weighted by molar-refractivity contribution is -0.116. The maximum atomic E-state index is 11.8. The van der Waals surface area contributed by atoms with Gasteiger partial charge in [-0.3, -0.25) is 14.6 Å². The second-order valence-electron chi connectivity index (χ2n) is 4.59. The third-order valence-corrected chi connectivity index (χ3v) is 2.98. The molecule has 1 aromatic heterocycles. The summed E-state index contributed by atoms with van der Waals surface area (Å²) >= 11 is 0. The van der Waals surface area contributed by atoms with Gasteiger partial charge in [0.05, 0.1) is 5.69 Å². The molecule has 0 bridgehead atoms. The first kappa shape index (κ1) is 15.4. The molecule has 5 heteroatoms. The third-order valence-electron chi connectivity index (χ3n) is 2.98. The molecule has 0 saturated heterocycles. The average molecular weight is 295 g/mol. The number of hydrogen-bond donors (Lipinski definition) is 2. The summed E-state index contributed by atoms with van der Waals surface area (Å²) in [5.74, 6) is -0.362. The highest BCUT2D eigenvalue weighted by Crippen LogP contribution is 2.05. The van der Waals surface area contributed by atoms with Gasteiger partial charge < -0.3 is 10.6 Å². The first-order chi connectivity index (χ1) is 10.7. The van der Waals surface area contributed by atoms with Crippen molar-refractivity contribution in [3.63, 3.8) is 0 Å². The van der Waals surface area contributed by atoms with Crippen LogP contribution in [0.5, 0.6) is 0 Å². The van der Waals surface area contributed by atoms with Crippen LogP contribution < -0.4 is 10.6 Å². The van der Waals surface area contributed by atoms with E-state index in [2.05, 4.69) is 15.6 Å². The van der Waals surface area contributed by atoms with E-state index in [-0.39, 0.29) is 11.8 Å². The molecule has 112 valence electrons. The first-order valence-electron chi connectivity index (χ1n) is 6.87. The van der Waals surface area contributed by atoms with Gasteiger partial charge in [-0.2, -0.15) is 0 Å². The van der Waals surface area contributed by atoms with Crippen LogP contribution in [-0.4, -0.2) is 23.8 Å². The fraction of sp³-hybridized carbons (Fsp3) is 0.118. The Hall–Kier alpha value is -2.95. The van der Waals surface area contributed by atoms with Crippen molar-refractivity contribution in [2.45, 2.75) is 6.54 Å². The molecule has 2 aromatic rings. The molecule has 0 aliphatic rings. The van der Waals surface area contributed by atoms with Gasteiger partial charge in [-0.15, -0.1) is 0 Å². The molecular weight excluding hydrogens is 278 g/mol. The Morgan fingerprint density at radius 1 is 1.18 bits per heavy atom. The zero-order valence-electron chi connectivity index (χ0n) is 12.2. The molecule has 0 unspecified atom stereocenters. The summed E-state index contributed by atoms with van der Waals surface area (Å²) in [5, 5.41) is 5.34. The first-order valence-corrected chi connectivity index (χ1v) is 6.87. The lowest BCUT2D eigenvalue weighted by Gasteiger charge is -2.05. The molecule has 0 fully saturated rings.